The molecule has 0 N–H and O–H groups in total. The van der Waals surface area contributed by atoms with E-state index in [2.05, 4.69) is 69.8 Å². The van der Waals surface area contributed by atoms with E-state index in [0.717, 1.165) is 5.69 Å². The van der Waals surface area contributed by atoms with Gasteiger partial charge in [0, 0.05) is 6.20 Å². The molecule has 0 radical (unpaired) electrons. The van der Waals surface area contributed by atoms with Gasteiger partial charge in [-0.15, -0.1) is 5.54 Å². The first-order valence-electron chi connectivity index (χ1n) is 7.35. The number of nitrogens with zero attached hydrogens (tertiary/aromatic N) is 1. The molecule has 1 heterocycles. The number of aromatic nitrogens is 1. The fraction of sp³-hybridized carbons (Fsp3) is 0.500. The van der Waals surface area contributed by atoms with Gasteiger partial charge in [0.1, 0.15) is 13.8 Å². The summed E-state index contributed by atoms with van der Waals surface area (Å²) in [5, 5.41) is 0. The van der Waals surface area contributed by atoms with Gasteiger partial charge >= 0.3 is 0 Å². The maximum Gasteiger partial charge on any atom is 0.147 e. The van der Waals surface area contributed by atoms with E-state index >= 15 is 0 Å². The SMILES string of the molecule is CC(C)[Si](C#CC#Cc1ccccn1)(C(C)C)C(C)C. The van der Waals surface area contributed by atoms with Gasteiger partial charge in [-0.1, -0.05) is 47.6 Å². The molecule has 0 atom stereocenters. The summed E-state index contributed by atoms with van der Waals surface area (Å²) in [6.07, 6.45) is 1.76. The summed E-state index contributed by atoms with van der Waals surface area (Å²) >= 11 is 0. The largest absolute Gasteiger partial charge is 0.248 e. The predicted octanol–water partition coefficient (Wildman–Crippen LogP) is 4.65. The fourth-order valence-electron chi connectivity index (χ4n) is 3.10. The van der Waals surface area contributed by atoms with Crippen molar-refractivity contribution in [2.24, 2.45) is 0 Å². The van der Waals surface area contributed by atoms with Gasteiger partial charge in [0.15, 0.2) is 0 Å². The topological polar surface area (TPSA) is 12.9 Å². The monoisotopic (exact) mass is 283 g/mol. The van der Waals surface area contributed by atoms with Crippen molar-refractivity contribution in [2.45, 2.75) is 58.2 Å². The van der Waals surface area contributed by atoms with Crippen LogP contribution in [0.1, 0.15) is 47.2 Å². The fourth-order valence-corrected chi connectivity index (χ4v) is 8.25. The van der Waals surface area contributed by atoms with E-state index in [1.54, 1.807) is 6.20 Å². The van der Waals surface area contributed by atoms with E-state index in [4.69, 9.17) is 0 Å². The van der Waals surface area contributed by atoms with Crippen LogP contribution >= 0.6 is 0 Å². The number of rotatable bonds is 3. The third-order valence-electron chi connectivity index (χ3n) is 4.06. The van der Waals surface area contributed by atoms with Crippen LogP contribution in [0, 0.1) is 23.3 Å². The molecule has 0 aliphatic carbocycles. The molecule has 0 aliphatic rings. The zero-order valence-corrected chi connectivity index (χ0v) is 14.5. The Bertz CT molecular complexity index is 514. The highest BCUT2D eigenvalue weighted by Crippen LogP contribution is 2.40. The van der Waals surface area contributed by atoms with Gasteiger partial charge in [-0.25, -0.2) is 4.98 Å². The predicted molar refractivity (Wildman–Crippen MR) is 89.9 cm³/mol. The lowest BCUT2D eigenvalue weighted by Gasteiger charge is -2.37. The Labute approximate surface area is 125 Å². The van der Waals surface area contributed by atoms with Gasteiger partial charge in [0.25, 0.3) is 0 Å². The second-order valence-electron chi connectivity index (χ2n) is 6.11. The third-order valence-corrected chi connectivity index (χ3v) is 10.4. The summed E-state index contributed by atoms with van der Waals surface area (Å²) in [7, 11) is -1.65. The van der Waals surface area contributed by atoms with Gasteiger partial charge < -0.3 is 0 Å². The summed E-state index contributed by atoms with van der Waals surface area (Å²) in [6.45, 7) is 13.9. The maximum atomic E-state index is 4.19. The molecule has 0 saturated carbocycles. The Balaban J connectivity index is 3.05. The molecule has 0 amide bonds. The highest BCUT2D eigenvalue weighted by atomic mass is 28.3. The van der Waals surface area contributed by atoms with Crippen LogP contribution in [-0.2, 0) is 0 Å². The Morgan fingerprint density at radius 1 is 0.900 bits per heavy atom. The van der Waals surface area contributed by atoms with E-state index in [0.29, 0.717) is 16.6 Å². The van der Waals surface area contributed by atoms with Gasteiger partial charge in [-0.05, 0) is 46.5 Å². The Morgan fingerprint density at radius 3 is 1.95 bits per heavy atom. The Kier molecular flexibility index (Phi) is 6.05. The van der Waals surface area contributed by atoms with E-state index < -0.39 is 8.07 Å². The van der Waals surface area contributed by atoms with Crippen molar-refractivity contribution < 1.29 is 0 Å². The smallest absolute Gasteiger partial charge is 0.147 e. The molecule has 0 fully saturated rings. The molecule has 0 bridgehead atoms. The van der Waals surface area contributed by atoms with Gasteiger partial charge in [-0.2, -0.15) is 0 Å². The molecule has 20 heavy (non-hydrogen) atoms. The van der Waals surface area contributed by atoms with Crippen LogP contribution in [-0.4, -0.2) is 13.1 Å². The molecule has 106 valence electrons. The Morgan fingerprint density at radius 2 is 1.50 bits per heavy atom. The second kappa shape index (κ2) is 7.32. The van der Waals surface area contributed by atoms with Crippen molar-refractivity contribution in [3.63, 3.8) is 0 Å². The standard InChI is InChI=1S/C18H25NSi/c1-15(2)20(16(3)4,17(5)6)14-10-8-12-18-11-7-9-13-19-18/h7,9,11,13,15-17H,1-6H3. The zero-order valence-electron chi connectivity index (χ0n) is 13.5. The molecule has 0 aliphatic heterocycles. The van der Waals surface area contributed by atoms with Crippen LogP contribution in [0.25, 0.3) is 0 Å². The molecule has 0 spiro atoms. The molecule has 1 aromatic rings. The lowest BCUT2D eigenvalue weighted by atomic mass is 10.3. The molecule has 0 saturated heterocycles. The van der Waals surface area contributed by atoms with Crippen molar-refractivity contribution in [1.82, 2.24) is 4.98 Å². The molecule has 1 rings (SSSR count). The molecular formula is C18H25NSi. The summed E-state index contributed by atoms with van der Waals surface area (Å²) in [5.41, 5.74) is 6.31. The van der Waals surface area contributed by atoms with Crippen LogP contribution < -0.4 is 0 Å². The van der Waals surface area contributed by atoms with E-state index in [1.807, 2.05) is 18.2 Å². The van der Waals surface area contributed by atoms with Crippen LogP contribution in [0.3, 0.4) is 0 Å². The minimum atomic E-state index is -1.65. The average Bonchev–Trinajstić information content (AvgIpc) is 2.38. The highest BCUT2D eigenvalue weighted by molar-refractivity contribution is 6.90. The lowest BCUT2D eigenvalue weighted by molar-refractivity contribution is 0.838. The molecule has 1 aromatic heterocycles. The minimum absolute atomic E-state index is 0.645. The van der Waals surface area contributed by atoms with Gasteiger partial charge in [0.05, 0.1) is 0 Å². The van der Waals surface area contributed by atoms with Gasteiger partial charge in [-0.3, -0.25) is 0 Å². The van der Waals surface area contributed by atoms with Crippen LogP contribution in [0.2, 0.25) is 16.6 Å². The van der Waals surface area contributed by atoms with Crippen molar-refractivity contribution in [1.29, 1.82) is 0 Å². The van der Waals surface area contributed by atoms with E-state index in [9.17, 15) is 0 Å². The van der Waals surface area contributed by atoms with Crippen molar-refractivity contribution in [2.75, 3.05) is 0 Å². The summed E-state index contributed by atoms with van der Waals surface area (Å²) in [6, 6.07) is 5.75. The second-order valence-corrected chi connectivity index (χ2v) is 11.7. The van der Waals surface area contributed by atoms with E-state index in [-0.39, 0.29) is 0 Å². The third kappa shape index (κ3) is 3.75. The van der Waals surface area contributed by atoms with E-state index in [1.165, 1.54) is 0 Å². The van der Waals surface area contributed by atoms with Gasteiger partial charge in [0.2, 0.25) is 0 Å². The first kappa shape index (κ1) is 16.5. The summed E-state index contributed by atoms with van der Waals surface area (Å²) < 4.78 is 0. The molecule has 0 unspecified atom stereocenters. The normalized spacial score (nSPS) is 11.1. The van der Waals surface area contributed by atoms with Crippen molar-refractivity contribution >= 4 is 8.07 Å². The molecular weight excluding hydrogens is 258 g/mol. The first-order chi connectivity index (χ1) is 9.41. The molecule has 2 heteroatoms. The molecule has 0 aromatic carbocycles. The number of hydrogen-bond donors (Lipinski definition) is 0. The highest BCUT2D eigenvalue weighted by Gasteiger charge is 2.41. The number of hydrogen-bond acceptors (Lipinski definition) is 1. The zero-order chi connectivity index (χ0) is 15.2. The number of pyridine rings is 1. The lowest BCUT2D eigenvalue weighted by Crippen LogP contribution is -2.43. The van der Waals surface area contributed by atoms with Crippen LogP contribution in [0.15, 0.2) is 24.4 Å². The summed E-state index contributed by atoms with van der Waals surface area (Å²) in [5.74, 6) is 9.13. The van der Waals surface area contributed by atoms with Crippen molar-refractivity contribution in [3.05, 3.63) is 30.1 Å². The quantitative estimate of drug-likeness (QED) is 0.581. The molecule has 1 nitrogen and oxygen atoms in total. The Hall–Kier alpha value is -1.51. The van der Waals surface area contributed by atoms with Crippen LogP contribution in [0.4, 0.5) is 0 Å². The van der Waals surface area contributed by atoms with Crippen LogP contribution in [0.5, 0.6) is 0 Å². The minimum Gasteiger partial charge on any atom is -0.248 e. The average molecular weight is 283 g/mol. The maximum absolute atomic E-state index is 4.19. The first-order valence-corrected chi connectivity index (χ1v) is 9.58. The van der Waals surface area contributed by atoms with Crippen molar-refractivity contribution in [3.8, 4) is 23.3 Å². The summed E-state index contributed by atoms with van der Waals surface area (Å²) in [4.78, 5) is 4.19.